The number of hydrogen-bond acceptors (Lipinski definition) is 5. The zero-order valence-electron chi connectivity index (χ0n) is 12.0. The molecule has 2 heterocycles. The molecular weight excluding hydrogens is 270 g/mol. The highest BCUT2D eigenvalue weighted by Gasteiger charge is 2.32. The van der Waals surface area contributed by atoms with Crippen LogP contribution < -0.4 is 20.9 Å². The lowest BCUT2D eigenvalue weighted by Gasteiger charge is -2.26. The van der Waals surface area contributed by atoms with Gasteiger partial charge in [-0.3, -0.25) is 10.2 Å². The number of carbonyl (C=O) groups excluding carboxylic acids is 1. The molecule has 21 heavy (non-hydrogen) atoms. The molecule has 1 saturated heterocycles. The van der Waals surface area contributed by atoms with Gasteiger partial charge >= 0.3 is 0 Å². The highest BCUT2D eigenvalue weighted by Crippen LogP contribution is 2.32. The first kappa shape index (κ1) is 14.2. The van der Waals surface area contributed by atoms with Crippen LogP contribution in [-0.2, 0) is 9.53 Å². The Hall–Kier alpha value is -1.79. The van der Waals surface area contributed by atoms with E-state index >= 15 is 0 Å². The molecule has 6 nitrogen and oxygen atoms in total. The van der Waals surface area contributed by atoms with E-state index in [0.717, 1.165) is 50.4 Å². The fraction of sp³-hybridized carbons (Fsp3) is 0.533. The number of fused-ring (bicyclic) bond motifs is 1. The number of hydrazine groups is 1. The second-order valence-electron chi connectivity index (χ2n) is 5.45. The molecule has 2 aliphatic heterocycles. The van der Waals surface area contributed by atoms with E-state index in [2.05, 4.69) is 16.4 Å². The number of nitrogens with two attached hydrogens (primary N) is 1. The lowest BCUT2D eigenvalue weighted by molar-refractivity contribution is -0.131. The van der Waals surface area contributed by atoms with E-state index in [4.69, 9.17) is 15.3 Å². The molecule has 0 aromatic heterocycles. The molecule has 6 heteroatoms. The minimum absolute atomic E-state index is 0.0541. The lowest BCUT2D eigenvalue weighted by atomic mass is 10.1. The summed E-state index contributed by atoms with van der Waals surface area (Å²) in [6, 6.07) is 8.06. The molecule has 0 saturated carbocycles. The van der Waals surface area contributed by atoms with Gasteiger partial charge in [-0.2, -0.15) is 0 Å². The van der Waals surface area contributed by atoms with Crippen molar-refractivity contribution in [1.82, 2.24) is 5.43 Å². The molecule has 3 N–H and O–H groups in total. The van der Waals surface area contributed by atoms with E-state index in [9.17, 15) is 4.79 Å². The third-order valence-corrected chi connectivity index (χ3v) is 4.00. The number of nitrogens with one attached hydrogen (secondary N) is 1. The van der Waals surface area contributed by atoms with Crippen LogP contribution in [0.3, 0.4) is 0 Å². The Morgan fingerprint density at radius 2 is 2.24 bits per heavy atom. The third kappa shape index (κ3) is 3.11. The molecule has 1 aromatic carbocycles. The van der Waals surface area contributed by atoms with E-state index in [1.54, 1.807) is 0 Å². The summed E-state index contributed by atoms with van der Waals surface area (Å²) in [5, 5.41) is 0. The number of rotatable bonds is 3. The number of benzene rings is 1. The molecule has 114 valence electrons. The molecular formula is C15H21N3O3. The van der Waals surface area contributed by atoms with Gasteiger partial charge in [0.1, 0.15) is 11.9 Å². The smallest absolute Gasteiger partial charge is 0.263 e. The van der Waals surface area contributed by atoms with Gasteiger partial charge < -0.3 is 14.4 Å². The average molecular weight is 291 g/mol. The standard InChI is InChI=1S/C15H21N3O3/c16-17-15(19)14-7-6-11(21-14)10-18-8-3-9-20-13-5-2-1-4-12(13)18/h1-2,4-5,11,14H,3,6-10,16H2,(H,17,19). The van der Waals surface area contributed by atoms with Gasteiger partial charge in [0.25, 0.3) is 5.91 Å². The summed E-state index contributed by atoms with van der Waals surface area (Å²) < 4.78 is 11.6. The molecule has 0 aliphatic carbocycles. The molecule has 1 amide bonds. The molecule has 0 radical (unpaired) electrons. The molecule has 0 spiro atoms. The van der Waals surface area contributed by atoms with Crippen LogP contribution in [0.25, 0.3) is 0 Å². The van der Waals surface area contributed by atoms with Crippen LogP contribution in [0.15, 0.2) is 24.3 Å². The van der Waals surface area contributed by atoms with Gasteiger partial charge in [0.15, 0.2) is 0 Å². The Morgan fingerprint density at radius 1 is 1.38 bits per heavy atom. The number of anilines is 1. The van der Waals surface area contributed by atoms with Crippen molar-refractivity contribution in [2.75, 3.05) is 24.6 Å². The molecule has 1 fully saturated rings. The van der Waals surface area contributed by atoms with E-state index < -0.39 is 6.10 Å². The minimum Gasteiger partial charge on any atom is -0.491 e. The van der Waals surface area contributed by atoms with Crippen LogP contribution in [-0.4, -0.2) is 37.8 Å². The van der Waals surface area contributed by atoms with Crippen molar-refractivity contribution in [3.8, 4) is 5.75 Å². The first-order chi connectivity index (χ1) is 10.3. The number of nitrogens with zero attached hydrogens (tertiary/aromatic N) is 1. The Labute approximate surface area is 124 Å². The zero-order chi connectivity index (χ0) is 14.7. The zero-order valence-corrected chi connectivity index (χ0v) is 12.0. The second kappa shape index (κ2) is 6.32. The van der Waals surface area contributed by atoms with Gasteiger partial charge in [0.2, 0.25) is 0 Å². The third-order valence-electron chi connectivity index (χ3n) is 4.00. The first-order valence-corrected chi connectivity index (χ1v) is 7.40. The van der Waals surface area contributed by atoms with Crippen molar-refractivity contribution in [3.05, 3.63) is 24.3 Å². The lowest BCUT2D eigenvalue weighted by Crippen LogP contribution is -2.40. The molecule has 1 aromatic rings. The average Bonchev–Trinajstić information content (AvgIpc) is 2.89. The summed E-state index contributed by atoms with van der Waals surface area (Å²) >= 11 is 0. The van der Waals surface area contributed by atoms with Crippen LogP contribution in [0.4, 0.5) is 5.69 Å². The molecule has 2 unspecified atom stereocenters. The summed E-state index contributed by atoms with van der Waals surface area (Å²) in [4.78, 5) is 13.8. The van der Waals surface area contributed by atoms with Crippen molar-refractivity contribution < 1.29 is 14.3 Å². The molecule has 0 bridgehead atoms. The second-order valence-corrected chi connectivity index (χ2v) is 5.45. The van der Waals surface area contributed by atoms with Crippen LogP contribution in [0.2, 0.25) is 0 Å². The normalized spacial score (nSPS) is 24.9. The van der Waals surface area contributed by atoms with Gasteiger partial charge in [-0.15, -0.1) is 0 Å². The van der Waals surface area contributed by atoms with Gasteiger partial charge in [-0.25, -0.2) is 5.84 Å². The molecule has 2 aliphatic rings. The first-order valence-electron chi connectivity index (χ1n) is 7.40. The quantitative estimate of drug-likeness (QED) is 0.490. The molecule has 3 rings (SSSR count). The highest BCUT2D eigenvalue weighted by atomic mass is 16.5. The number of para-hydroxylation sites is 2. The monoisotopic (exact) mass is 291 g/mol. The van der Waals surface area contributed by atoms with Crippen LogP contribution in [0, 0.1) is 0 Å². The summed E-state index contributed by atoms with van der Waals surface area (Å²) in [5.74, 6) is 5.84. The SMILES string of the molecule is NNC(=O)C1CCC(CN2CCCOc3ccccc32)O1. The van der Waals surface area contributed by atoms with E-state index in [1.165, 1.54) is 0 Å². The minimum atomic E-state index is -0.418. The van der Waals surface area contributed by atoms with Crippen molar-refractivity contribution in [1.29, 1.82) is 0 Å². The maximum absolute atomic E-state index is 11.5. The largest absolute Gasteiger partial charge is 0.491 e. The van der Waals surface area contributed by atoms with Crippen molar-refractivity contribution in [3.63, 3.8) is 0 Å². The summed E-state index contributed by atoms with van der Waals surface area (Å²) in [6.45, 7) is 2.44. The Kier molecular flexibility index (Phi) is 4.26. The predicted octanol–water partition coefficient (Wildman–Crippen LogP) is 0.813. The van der Waals surface area contributed by atoms with Crippen molar-refractivity contribution in [2.24, 2.45) is 5.84 Å². The molecule has 2 atom stereocenters. The summed E-state index contributed by atoms with van der Waals surface area (Å²) in [7, 11) is 0. The number of hydrogen-bond donors (Lipinski definition) is 2. The van der Waals surface area contributed by atoms with E-state index in [0.29, 0.717) is 0 Å². The Morgan fingerprint density at radius 3 is 3.10 bits per heavy atom. The number of carbonyl (C=O) groups is 1. The Bertz CT molecular complexity index is 509. The number of amides is 1. The topological polar surface area (TPSA) is 76.8 Å². The fourth-order valence-corrected chi connectivity index (χ4v) is 2.96. The van der Waals surface area contributed by atoms with E-state index in [-0.39, 0.29) is 12.0 Å². The maximum atomic E-state index is 11.5. The Balaban J connectivity index is 1.67. The predicted molar refractivity (Wildman–Crippen MR) is 79.0 cm³/mol. The summed E-state index contributed by atoms with van der Waals surface area (Å²) in [5.41, 5.74) is 3.26. The van der Waals surface area contributed by atoms with Crippen LogP contribution in [0.5, 0.6) is 5.75 Å². The maximum Gasteiger partial charge on any atom is 0.263 e. The van der Waals surface area contributed by atoms with Crippen molar-refractivity contribution in [2.45, 2.75) is 31.5 Å². The van der Waals surface area contributed by atoms with Gasteiger partial charge in [0.05, 0.1) is 18.4 Å². The van der Waals surface area contributed by atoms with Gasteiger partial charge in [-0.1, -0.05) is 12.1 Å². The van der Waals surface area contributed by atoms with Gasteiger partial charge in [0, 0.05) is 13.1 Å². The van der Waals surface area contributed by atoms with Crippen molar-refractivity contribution >= 4 is 11.6 Å². The van der Waals surface area contributed by atoms with Crippen LogP contribution in [0.1, 0.15) is 19.3 Å². The summed E-state index contributed by atoms with van der Waals surface area (Å²) in [6.07, 6.45) is 2.21. The van der Waals surface area contributed by atoms with E-state index in [1.807, 2.05) is 18.2 Å². The number of ether oxygens (including phenoxy) is 2. The van der Waals surface area contributed by atoms with Crippen LogP contribution >= 0.6 is 0 Å². The van der Waals surface area contributed by atoms with Gasteiger partial charge in [-0.05, 0) is 31.4 Å². The highest BCUT2D eigenvalue weighted by molar-refractivity contribution is 5.80. The fourth-order valence-electron chi connectivity index (χ4n) is 2.96.